The van der Waals surface area contributed by atoms with Crippen LogP contribution in [-0.4, -0.2) is 0 Å². The maximum atomic E-state index is 3.72. The summed E-state index contributed by atoms with van der Waals surface area (Å²) >= 11 is 1.85. The van der Waals surface area contributed by atoms with E-state index in [0.29, 0.717) is 6.04 Å². The molecule has 0 radical (unpaired) electrons. The highest BCUT2D eigenvalue weighted by Gasteiger charge is 2.21. The number of nitrogens with one attached hydrogen (secondary N) is 1. The van der Waals surface area contributed by atoms with Crippen LogP contribution in [0.3, 0.4) is 0 Å². The van der Waals surface area contributed by atoms with Gasteiger partial charge in [0.15, 0.2) is 0 Å². The molecule has 1 aliphatic carbocycles. The quantitative estimate of drug-likeness (QED) is 0.871. The lowest BCUT2D eigenvalue weighted by molar-refractivity contribution is 0.532. The second-order valence-electron chi connectivity index (χ2n) is 5.20. The summed E-state index contributed by atoms with van der Waals surface area (Å²) in [6.07, 6.45) is 2.46. The maximum Gasteiger partial charge on any atom is 0.0329 e. The Bertz CT molecular complexity index is 556. The summed E-state index contributed by atoms with van der Waals surface area (Å²) in [7, 11) is 0. The first-order valence-corrected chi connectivity index (χ1v) is 7.48. The van der Waals surface area contributed by atoms with Crippen LogP contribution in [0.5, 0.6) is 0 Å². The summed E-state index contributed by atoms with van der Waals surface area (Å²) < 4.78 is 0. The topological polar surface area (TPSA) is 12.0 Å². The molecule has 0 amide bonds. The third-order valence-corrected chi connectivity index (χ3v) is 4.88. The van der Waals surface area contributed by atoms with Gasteiger partial charge in [-0.15, -0.1) is 11.3 Å². The number of hydrogen-bond acceptors (Lipinski definition) is 2. The van der Waals surface area contributed by atoms with Crippen LogP contribution in [0.25, 0.3) is 0 Å². The number of rotatable bonds is 3. The number of hydrogen-bond donors (Lipinski definition) is 1. The van der Waals surface area contributed by atoms with Gasteiger partial charge >= 0.3 is 0 Å². The standard InChI is InChI=1S/C16H19NS/c1-11-3-4-13-5-6-15(14(13)9-11)17-10-16-12(2)7-8-18-16/h3-4,7-9,15,17H,5-6,10H2,1-2H3. The van der Waals surface area contributed by atoms with E-state index in [1.807, 2.05) is 11.3 Å². The van der Waals surface area contributed by atoms with Crippen molar-refractivity contribution in [2.75, 3.05) is 0 Å². The van der Waals surface area contributed by atoms with Gasteiger partial charge < -0.3 is 5.32 Å². The molecule has 18 heavy (non-hydrogen) atoms. The summed E-state index contributed by atoms with van der Waals surface area (Å²) in [5.74, 6) is 0. The molecule has 1 heterocycles. The lowest BCUT2D eigenvalue weighted by Crippen LogP contribution is -2.18. The van der Waals surface area contributed by atoms with Crippen LogP contribution in [0, 0.1) is 13.8 Å². The molecular weight excluding hydrogens is 238 g/mol. The summed E-state index contributed by atoms with van der Waals surface area (Å²) in [4.78, 5) is 1.47. The molecule has 1 aliphatic rings. The van der Waals surface area contributed by atoms with Gasteiger partial charge in [0.25, 0.3) is 0 Å². The van der Waals surface area contributed by atoms with Gasteiger partial charge in [0, 0.05) is 17.5 Å². The van der Waals surface area contributed by atoms with Crippen molar-refractivity contribution in [1.82, 2.24) is 5.32 Å². The van der Waals surface area contributed by atoms with Crippen LogP contribution in [-0.2, 0) is 13.0 Å². The molecule has 0 spiro atoms. The third-order valence-electron chi connectivity index (χ3n) is 3.86. The lowest BCUT2D eigenvalue weighted by atomic mass is 10.1. The van der Waals surface area contributed by atoms with Crippen LogP contribution >= 0.6 is 11.3 Å². The zero-order chi connectivity index (χ0) is 12.5. The molecular formula is C16H19NS. The van der Waals surface area contributed by atoms with E-state index in [0.717, 1.165) is 6.54 Å². The fourth-order valence-corrected chi connectivity index (χ4v) is 3.59. The number of fused-ring (bicyclic) bond motifs is 1. The van der Waals surface area contributed by atoms with Crippen molar-refractivity contribution in [2.45, 2.75) is 39.3 Å². The van der Waals surface area contributed by atoms with Crippen molar-refractivity contribution in [2.24, 2.45) is 0 Å². The van der Waals surface area contributed by atoms with E-state index in [4.69, 9.17) is 0 Å². The minimum absolute atomic E-state index is 0.543. The van der Waals surface area contributed by atoms with Crippen LogP contribution in [0.1, 0.15) is 39.6 Å². The van der Waals surface area contributed by atoms with E-state index in [9.17, 15) is 0 Å². The molecule has 1 N–H and O–H groups in total. The van der Waals surface area contributed by atoms with E-state index in [2.05, 4.69) is 48.8 Å². The minimum Gasteiger partial charge on any atom is -0.305 e. The van der Waals surface area contributed by atoms with Gasteiger partial charge in [-0.3, -0.25) is 0 Å². The monoisotopic (exact) mass is 257 g/mol. The van der Waals surface area contributed by atoms with Crippen LogP contribution < -0.4 is 5.32 Å². The number of aryl methyl sites for hydroxylation is 3. The first kappa shape index (κ1) is 11.9. The summed E-state index contributed by atoms with van der Waals surface area (Å²) in [5.41, 5.74) is 5.83. The lowest BCUT2D eigenvalue weighted by Gasteiger charge is -2.14. The van der Waals surface area contributed by atoms with Crippen LogP contribution in [0.4, 0.5) is 0 Å². The van der Waals surface area contributed by atoms with Gasteiger partial charge in [-0.1, -0.05) is 23.8 Å². The predicted octanol–water partition coefficient (Wildman–Crippen LogP) is 4.14. The van der Waals surface area contributed by atoms with Gasteiger partial charge in [0.2, 0.25) is 0 Å². The molecule has 0 fully saturated rings. The van der Waals surface area contributed by atoms with Crippen molar-refractivity contribution in [3.05, 3.63) is 56.8 Å². The Morgan fingerprint density at radius 1 is 1.28 bits per heavy atom. The molecule has 2 aromatic rings. The van der Waals surface area contributed by atoms with E-state index in [1.54, 1.807) is 0 Å². The molecule has 1 nitrogen and oxygen atoms in total. The Kier molecular flexibility index (Phi) is 3.23. The summed E-state index contributed by atoms with van der Waals surface area (Å²) in [5, 5.41) is 5.90. The second-order valence-corrected chi connectivity index (χ2v) is 6.20. The summed E-state index contributed by atoms with van der Waals surface area (Å²) in [6, 6.07) is 9.62. The van der Waals surface area contributed by atoms with Crippen molar-refractivity contribution in [3.63, 3.8) is 0 Å². The minimum atomic E-state index is 0.543. The fraction of sp³-hybridized carbons (Fsp3) is 0.375. The largest absolute Gasteiger partial charge is 0.305 e. The zero-order valence-electron chi connectivity index (χ0n) is 11.0. The molecule has 0 saturated carbocycles. The Hall–Kier alpha value is -1.12. The smallest absolute Gasteiger partial charge is 0.0329 e. The molecule has 0 saturated heterocycles. The van der Waals surface area contributed by atoms with Crippen molar-refractivity contribution in [3.8, 4) is 0 Å². The summed E-state index contributed by atoms with van der Waals surface area (Å²) in [6.45, 7) is 5.38. The van der Waals surface area contributed by atoms with Crippen LogP contribution in [0.15, 0.2) is 29.6 Å². The fourth-order valence-electron chi connectivity index (χ4n) is 2.73. The van der Waals surface area contributed by atoms with Crippen molar-refractivity contribution >= 4 is 11.3 Å². The van der Waals surface area contributed by atoms with Gasteiger partial charge in [0.05, 0.1) is 0 Å². The molecule has 1 aromatic carbocycles. The van der Waals surface area contributed by atoms with E-state index >= 15 is 0 Å². The Morgan fingerprint density at radius 3 is 2.94 bits per heavy atom. The molecule has 94 valence electrons. The maximum absolute atomic E-state index is 3.72. The Balaban J connectivity index is 1.73. The Morgan fingerprint density at radius 2 is 2.17 bits per heavy atom. The highest BCUT2D eigenvalue weighted by atomic mass is 32.1. The molecule has 2 heteroatoms. The molecule has 1 aromatic heterocycles. The predicted molar refractivity (Wildman–Crippen MR) is 78.1 cm³/mol. The van der Waals surface area contributed by atoms with E-state index in [1.165, 1.54) is 40.0 Å². The van der Waals surface area contributed by atoms with E-state index in [-0.39, 0.29) is 0 Å². The highest BCUT2D eigenvalue weighted by Crippen LogP contribution is 2.32. The number of benzene rings is 1. The highest BCUT2D eigenvalue weighted by molar-refractivity contribution is 7.10. The molecule has 0 aliphatic heterocycles. The molecule has 1 atom stereocenters. The SMILES string of the molecule is Cc1ccc2c(c1)C(NCc1sccc1C)CC2. The molecule has 3 rings (SSSR count). The molecule has 0 bridgehead atoms. The normalized spacial score (nSPS) is 18.0. The molecule has 1 unspecified atom stereocenters. The van der Waals surface area contributed by atoms with Gasteiger partial charge in [-0.05, 0) is 54.8 Å². The van der Waals surface area contributed by atoms with Gasteiger partial charge in [0.1, 0.15) is 0 Å². The second kappa shape index (κ2) is 4.87. The first-order valence-electron chi connectivity index (χ1n) is 6.60. The van der Waals surface area contributed by atoms with Crippen molar-refractivity contribution in [1.29, 1.82) is 0 Å². The van der Waals surface area contributed by atoms with E-state index < -0.39 is 0 Å². The Labute approximate surface area is 113 Å². The average Bonchev–Trinajstić information content (AvgIpc) is 2.93. The van der Waals surface area contributed by atoms with Gasteiger partial charge in [-0.2, -0.15) is 0 Å². The number of thiophene rings is 1. The average molecular weight is 257 g/mol. The van der Waals surface area contributed by atoms with Crippen LogP contribution in [0.2, 0.25) is 0 Å². The first-order chi connectivity index (χ1) is 8.74. The van der Waals surface area contributed by atoms with Crippen molar-refractivity contribution < 1.29 is 0 Å². The zero-order valence-corrected chi connectivity index (χ0v) is 11.8. The van der Waals surface area contributed by atoms with Gasteiger partial charge in [-0.25, -0.2) is 0 Å². The third kappa shape index (κ3) is 2.23.